The van der Waals surface area contributed by atoms with Gasteiger partial charge in [-0.2, -0.15) is 5.11 Å². The number of hydrogen-bond acceptors (Lipinski definition) is 8. The number of hydrogen-bond donors (Lipinski definition) is 1. The van der Waals surface area contributed by atoms with Crippen LogP contribution >= 0.6 is 11.6 Å². The summed E-state index contributed by atoms with van der Waals surface area (Å²) in [4.78, 5) is 25.1. The van der Waals surface area contributed by atoms with Crippen molar-refractivity contribution in [3.05, 3.63) is 35.4 Å². The highest BCUT2D eigenvalue weighted by atomic mass is 35.5. The maximum atomic E-state index is 12.9. The maximum absolute atomic E-state index is 12.9. The van der Waals surface area contributed by atoms with Gasteiger partial charge in [0.1, 0.15) is 11.5 Å². The summed E-state index contributed by atoms with van der Waals surface area (Å²) < 4.78 is 21.7. The standard InChI is InChI=1S/C22H26ClN3O6/c1-6-31-20-14(23)11-12-15(21(20)32-7-2)24-22(28)18(13(3)27)25-26-19-16(29-4)9-8-10-17(19)30-5/h8-12,18H,6-7H2,1-5H3,(H,24,28). The van der Waals surface area contributed by atoms with Crippen molar-refractivity contribution in [2.45, 2.75) is 26.8 Å². The Morgan fingerprint density at radius 2 is 1.59 bits per heavy atom. The van der Waals surface area contributed by atoms with Crippen LogP contribution in [0.25, 0.3) is 0 Å². The minimum absolute atomic E-state index is 0.261. The van der Waals surface area contributed by atoms with Crippen LogP contribution in [0, 0.1) is 0 Å². The van der Waals surface area contributed by atoms with Gasteiger partial charge in [0.25, 0.3) is 5.91 Å². The molecule has 32 heavy (non-hydrogen) atoms. The molecule has 0 saturated heterocycles. The maximum Gasteiger partial charge on any atom is 0.258 e. The van der Waals surface area contributed by atoms with Gasteiger partial charge >= 0.3 is 0 Å². The van der Waals surface area contributed by atoms with Gasteiger partial charge in [-0.1, -0.05) is 17.7 Å². The zero-order valence-corrected chi connectivity index (χ0v) is 19.4. The van der Waals surface area contributed by atoms with Gasteiger partial charge in [0.2, 0.25) is 6.04 Å². The third-order valence-electron chi connectivity index (χ3n) is 4.21. The summed E-state index contributed by atoms with van der Waals surface area (Å²) in [5.41, 5.74) is 0.553. The van der Waals surface area contributed by atoms with Gasteiger partial charge in [0, 0.05) is 0 Å². The van der Waals surface area contributed by atoms with Crippen molar-refractivity contribution in [1.82, 2.24) is 0 Å². The molecule has 2 aromatic carbocycles. The summed E-state index contributed by atoms with van der Waals surface area (Å²) in [6.45, 7) is 5.50. The van der Waals surface area contributed by atoms with E-state index in [9.17, 15) is 9.59 Å². The number of carbonyl (C=O) groups is 2. The van der Waals surface area contributed by atoms with Gasteiger partial charge in [0.05, 0.1) is 38.1 Å². The lowest BCUT2D eigenvalue weighted by molar-refractivity contribution is -0.126. The quantitative estimate of drug-likeness (QED) is 0.377. The van der Waals surface area contributed by atoms with E-state index in [1.807, 2.05) is 0 Å². The minimum Gasteiger partial charge on any atom is -0.494 e. The van der Waals surface area contributed by atoms with E-state index in [1.54, 1.807) is 44.2 Å². The van der Waals surface area contributed by atoms with Gasteiger partial charge in [-0.25, -0.2) is 0 Å². The Kier molecular flexibility index (Phi) is 9.27. The van der Waals surface area contributed by atoms with E-state index in [0.29, 0.717) is 41.2 Å². The number of methoxy groups -OCH3 is 2. The molecule has 0 aliphatic heterocycles. The first kappa shape index (κ1) is 24.9. The lowest BCUT2D eigenvalue weighted by Gasteiger charge is -2.18. The molecule has 1 amide bonds. The average Bonchev–Trinajstić information content (AvgIpc) is 2.77. The number of anilines is 1. The molecule has 2 aromatic rings. The van der Waals surface area contributed by atoms with Gasteiger partial charge in [-0.15, -0.1) is 5.11 Å². The topological polar surface area (TPSA) is 108 Å². The van der Waals surface area contributed by atoms with Crippen LogP contribution < -0.4 is 24.3 Å². The van der Waals surface area contributed by atoms with Crippen molar-refractivity contribution in [3.63, 3.8) is 0 Å². The monoisotopic (exact) mass is 463 g/mol. The van der Waals surface area contributed by atoms with Crippen molar-refractivity contribution in [1.29, 1.82) is 0 Å². The number of Topliss-reactive ketones (excluding diaryl/α,β-unsaturated/α-hetero) is 1. The van der Waals surface area contributed by atoms with E-state index in [-0.39, 0.29) is 11.4 Å². The van der Waals surface area contributed by atoms with E-state index in [2.05, 4.69) is 15.5 Å². The van der Waals surface area contributed by atoms with Crippen molar-refractivity contribution >= 4 is 34.7 Å². The molecule has 0 radical (unpaired) electrons. The number of carbonyl (C=O) groups excluding carboxylic acids is 2. The van der Waals surface area contributed by atoms with Crippen LogP contribution in [-0.4, -0.2) is 45.2 Å². The van der Waals surface area contributed by atoms with Crippen LogP contribution in [0.15, 0.2) is 40.6 Å². The number of ether oxygens (including phenoxy) is 4. The van der Waals surface area contributed by atoms with Gasteiger partial charge in [-0.05, 0) is 45.0 Å². The first-order valence-corrected chi connectivity index (χ1v) is 10.3. The molecule has 0 fully saturated rings. The molecule has 0 aromatic heterocycles. The Balaban J connectivity index is 2.38. The van der Waals surface area contributed by atoms with Crippen LogP contribution in [0.2, 0.25) is 5.02 Å². The van der Waals surface area contributed by atoms with Gasteiger partial charge in [0.15, 0.2) is 23.0 Å². The smallest absolute Gasteiger partial charge is 0.258 e. The summed E-state index contributed by atoms with van der Waals surface area (Å²) in [5.74, 6) is 0.134. The SMILES string of the molecule is CCOc1c(Cl)ccc(NC(=O)C(N=Nc2c(OC)cccc2OC)C(C)=O)c1OCC. The number of rotatable bonds is 11. The number of nitrogens with one attached hydrogen (secondary N) is 1. The Morgan fingerprint density at radius 3 is 2.12 bits per heavy atom. The third-order valence-corrected chi connectivity index (χ3v) is 4.51. The number of halogens is 1. The second kappa shape index (κ2) is 11.9. The first-order valence-electron chi connectivity index (χ1n) is 9.89. The van der Waals surface area contributed by atoms with E-state index < -0.39 is 17.7 Å². The third kappa shape index (κ3) is 5.88. The summed E-state index contributed by atoms with van der Waals surface area (Å²) in [5, 5.41) is 11.0. The second-order valence-electron chi connectivity index (χ2n) is 6.35. The molecular weight excluding hydrogens is 438 g/mol. The molecule has 0 spiro atoms. The van der Waals surface area contributed by atoms with E-state index in [0.717, 1.165) is 0 Å². The fourth-order valence-corrected chi connectivity index (χ4v) is 2.97. The fourth-order valence-electron chi connectivity index (χ4n) is 2.77. The Hall–Kier alpha value is -3.33. The number of ketones is 1. The van der Waals surface area contributed by atoms with E-state index in [4.69, 9.17) is 30.5 Å². The van der Waals surface area contributed by atoms with Crippen molar-refractivity contribution in [2.24, 2.45) is 10.2 Å². The zero-order chi connectivity index (χ0) is 23.7. The van der Waals surface area contributed by atoms with Crippen LogP contribution in [0.4, 0.5) is 11.4 Å². The largest absolute Gasteiger partial charge is 0.494 e. The Morgan fingerprint density at radius 1 is 1.00 bits per heavy atom. The van der Waals surface area contributed by atoms with Crippen molar-refractivity contribution < 1.29 is 28.5 Å². The van der Waals surface area contributed by atoms with Crippen LogP contribution in [-0.2, 0) is 9.59 Å². The van der Waals surface area contributed by atoms with Crippen LogP contribution in [0.3, 0.4) is 0 Å². The molecular formula is C22H26ClN3O6. The Bertz CT molecular complexity index is 974. The molecule has 9 nitrogen and oxygen atoms in total. The number of azo groups is 1. The number of nitrogens with zero attached hydrogens (tertiary/aromatic N) is 2. The van der Waals surface area contributed by atoms with Gasteiger partial charge in [-0.3, -0.25) is 9.59 Å². The van der Waals surface area contributed by atoms with Crippen molar-refractivity contribution in [3.8, 4) is 23.0 Å². The predicted molar refractivity (Wildman–Crippen MR) is 121 cm³/mol. The molecule has 10 heteroatoms. The first-order chi connectivity index (χ1) is 15.4. The molecule has 1 atom stereocenters. The van der Waals surface area contributed by atoms with E-state index >= 15 is 0 Å². The fraction of sp³-hybridized carbons (Fsp3) is 0.364. The van der Waals surface area contributed by atoms with Crippen LogP contribution in [0.1, 0.15) is 20.8 Å². The highest BCUT2D eigenvalue weighted by Gasteiger charge is 2.26. The highest BCUT2D eigenvalue weighted by molar-refractivity contribution is 6.32. The highest BCUT2D eigenvalue weighted by Crippen LogP contribution is 2.41. The minimum atomic E-state index is -1.41. The summed E-state index contributed by atoms with van der Waals surface area (Å²) in [7, 11) is 2.93. The second-order valence-corrected chi connectivity index (χ2v) is 6.76. The zero-order valence-electron chi connectivity index (χ0n) is 18.6. The molecule has 0 bridgehead atoms. The normalized spacial score (nSPS) is 11.7. The molecule has 0 aliphatic rings. The lowest BCUT2D eigenvalue weighted by Crippen LogP contribution is -2.32. The molecule has 1 N–H and O–H groups in total. The molecule has 0 aliphatic carbocycles. The average molecular weight is 464 g/mol. The summed E-state index contributed by atoms with van der Waals surface area (Å²) in [6, 6.07) is 6.76. The molecule has 172 valence electrons. The van der Waals surface area contributed by atoms with Crippen molar-refractivity contribution in [2.75, 3.05) is 32.8 Å². The molecule has 0 heterocycles. The lowest BCUT2D eigenvalue weighted by atomic mass is 10.2. The summed E-state index contributed by atoms with van der Waals surface area (Å²) >= 11 is 6.21. The molecule has 1 unspecified atom stereocenters. The molecule has 0 saturated carbocycles. The van der Waals surface area contributed by atoms with Crippen LogP contribution in [0.5, 0.6) is 23.0 Å². The van der Waals surface area contributed by atoms with E-state index in [1.165, 1.54) is 21.1 Å². The number of amides is 1. The van der Waals surface area contributed by atoms with Gasteiger partial charge < -0.3 is 24.3 Å². The molecule has 2 rings (SSSR count). The predicted octanol–water partition coefficient (Wildman–Crippen LogP) is 4.83. The summed E-state index contributed by atoms with van der Waals surface area (Å²) in [6.07, 6.45) is 0. The Labute approximate surface area is 191 Å². The number of benzene rings is 2.